The SMILES string of the molecule is CCCCCCCCOCC(=O)Nc1cc(N)ccc1C. The first-order valence-corrected chi connectivity index (χ1v) is 7.87. The van der Waals surface area contributed by atoms with Crippen LogP contribution in [-0.4, -0.2) is 19.1 Å². The van der Waals surface area contributed by atoms with Crippen molar-refractivity contribution in [1.29, 1.82) is 0 Å². The Morgan fingerprint density at radius 1 is 1.19 bits per heavy atom. The fraction of sp³-hybridized carbons (Fsp3) is 0.588. The van der Waals surface area contributed by atoms with Gasteiger partial charge in [0.15, 0.2) is 0 Å². The molecule has 0 heterocycles. The van der Waals surface area contributed by atoms with Crippen LogP contribution in [0, 0.1) is 6.92 Å². The Labute approximate surface area is 128 Å². The molecule has 0 aliphatic carbocycles. The molecule has 0 saturated heterocycles. The summed E-state index contributed by atoms with van der Waals surface area (Å²) in [6, 6.07) is 5.48. The Morgan fingerprint density at radius 3 is 2.67 bits per heavy atom. The molecule has 0 aromatic heterocycles. The van der Waals surface area contributed by atoms with Crippen molar-refractivity contribution in [2.45, 2.75) is 52.4 Å². The summed E-state index contributed by atoms with van der Waals surface area (Å²) in [5.74, 6) is -0.130. The maximum absolute atomic E-state index is 11.8. The van der Waals surface area contributed by atoms with Crippen LogP contribution in [0.5, 0.6) is 0 Å². The standard InChI is InChI=1S/C17H28N2O2/c1-3-4-5-6-7-8-11-21-13-17(20)19-16-12-15(18)10-9-14(16)2/h9-10,12H,3-8,11,13,18H2,1-2H3,(H,19,20). The summed E-state index contributed by atoms with van der Waals surface area (Å²) in [6.07, 6.45) is 7.32. The van der Waals surface area contributed by atoms with Gasteiger partial charge >= 0.3 is 0 Å². The summed E-state index contributed by atoms with van der Waals surface area (Å²) < 4.78 is 5.40. The van der Waals surface area contributed by atoms with E-state index in [2.05, 4.69) is 12.2 Å². The molecule has 0 fully saturated rings. The monoisotopic (exact) mass is 292 g/mol. The summed E-state index contributed by atoms with van der Waals surface area (Å²) in [6.45, 7) is 4.90. The van der Waals surface area contributed by atoms with E-state index in [9.17, 15) is 4.79 Å². The van der Waals surface area contributed by atoms with Gasteiger partial charge in [0.05, 0.1) is 0 Å². The van der Waals surface area contributed by atoms with Crippen LogP contribution < -0.4 is 11.1 Å². The van der Waals surface area contributed by atoms with Crippen molar-refractivity contribution in [3.63, 3.8) is 0 Å². The number of ether oxygens (including phenoxy) is 1. The molecule has 0 aliphatic heterocycles. The van der Waals surface area contributed by atoms with E-state index in [0.29, 0.717) is 12.3 Å². The minimum absolute atomic E-state index is 0.100. The van der Waals surface area contributed by atoms with Gasteiger partial charge < -0.3 is 15.8 Å². The molecule has 1 aromatic rings. The number of nitrogens with one attached hydrogen (secondary N) is 1. The zero-order chi connectivity index (χ0) is 15.5. The predicted molar refractivity (Wildman–Crippen MR) is 88.4 cm³/mol. The Hall–Kier alpha value is -1.55. The van der Waals surface area contributed by atoms with E-state index in [-0.39, 0.29) is 12.5 Å². The first kappa shape index (κ1) is 17.5. The van der Waals surface area contributed by atoms with Gasteiger partial charge in [-0.2, -0.15) is 0 Å². The molecule has 0 bridgehead atoms. The maximum atomic E-state index is 11.8. The number of aryl methyl sites for hydroxylation is 1. The van der Waals surface area contributed by atoms with Gasteiger partial charge in [-0.05, 0) is 31.0 Å². The lowest BCUT2D eigenvalue weighted by Gasteiger charge is -2.09. The zero-order valence-corrected chi connectivity index (χ0v) is 13.3. The van der Waals surface area contributed by atoms with Crippen molar-refractivity contribution in [3.05, 3.63) is 23.8 Å². The molecule has 0 saturated carbocycles. The lowest BCUT2D eigenvalue weighted by atomic mass is 10.1. The number of benzene rings is 1. The average molecular weight is 292 g/mol. The molecule has 4 heteroatoms. The van der Waals surface area contributed by atoms with Gasteiger partial charge in [-0.15, -0.1) is 0 Å². The Morgan fingerprint density at radius 2 is 1.90 bits per heavy atom. The summed E-state index contributed by atoms with van der Waals surface area (Å²) in [5, 5.41) is 2.83. The molecule has 118 valence electrons. The smallest absolute Gasteiger partial charge is 0.250 e. The Kier molecular flexibility index (Phi) is 8.51. The van der Waals surface area contributed by atoms with E-state index in [4.69, 9.17) is 10.5 Å². The number of rotatable bonds is 10. The molecule has 3 N–H and O–H groups in total. The zero-order valence-electron chi connectivity index (χ0n) is 13.3. The van der Waals surface area contributed by atoms with Crippen molar-refractivity contribution in [2.24, 2.45) is 0 Å². The summed E-state index contributed by atoms with van der Waals surface area (Å²) in [7, 11) is 0. The average Bonchev–Trinajstić information content (AvgIpc) is 2.46. The van der Waals surface area contributed by atoms with Gasteiger partial charge in [0.2, 0.25) is 5.91 Å². The van der Waals surface area contributed by atoms with Crippen molar-refractivity contribution >= 4 is 17.3 Å². The Balaban J connectivity index is 2.13. The van der Waals surface area contributed by atoms with Gasteiger partial charge in [0, 0.05) is 18.0 Å². The number of unbranched alkanes of at least 4 members (excludes halogenated alkanes) is 5. The van der Waals surface area contributed by atoms with Crippen LogP contribution in [0.1, 0.15) is 51.0 Å². The topological polar surface area (TPSA) is 64.3 Å². The van der Waals surface area contributed by atoms with Crippen LogP contribution in [0.15, 0.2) is 18.2 Å². The van der Waals surface area contributed by atoms with E-state index in [1.54, 1.807) is 6.07 Å². The molecule has 1 rings (SSSR count). The first-order chi connectivity index (χ1) is 10.1. The summed E-state index contributed by atoms with van der Waals surface area (Å²) in [5.41, 5.74) is 8.10. The minimum Gasteiger partial charge on any atom is -0.399 e. The molecule has 1 amide bonds. The maximum Gasteiger partial charge on any atom is 0.250 e. The van der Waals surface area contributed by atoms with Gasteiger partial charge in [-0.1, -0.05) is 45.1 Å². The lowest BCUT2D eigenvalue weighted by Crippen LogP contribution is -2.19. The summed E-state index contributed by atoms with van der Waals surface area (Å²) in [4.78, 5) is 11.8. The van der Waals surface area contributed by atoms with Gasteiger partial charge in [0.1, 0.15) is 6.61 Å². The van der Waals surface area contributed by atoms with E-state index in [0.717, 1.165) is 17.7 Å². The second-order valence-corrected chi connectivity index (χ2v) is 5.44. The predicted octanol–water partition coefficient (Wildman–Crippen LogP) is 3.89. The molecule has 0 radical (unpaired) electrons. The molecule has 4 nitrogen and oxygen atoms in total. The fourth-order valence-corrected chi connectivity index (χ4v) is 2.11. The van der Waals surface area contributed by atoms with Gasteiger partial charge in [-0.25, -0.2) is 0 Å². The number of nitrogen functional groups attached to an aromatic ring is 1. The number of nitrogens with two attached hydrogens (primary N) is 1. The van der Waals surface area contributed by atoms with Crippen molar-refractivity contribution in [2.75, 3.05) is 24.3 Å². The highest BCUT2D eigenvalue weighted by atomic mass is 16.5. The van der Waals surface area contributed by atoms with E-state index < -0.39 is 0 Å². The largest absolute Gasteiger partial charge is 0.399 e. The lowest BCUT2D eigenvalue weighted by molar-refractivity contribution is -0.120. The highest BCUT2D eigenvalue weighted by molar-refractivity contribution is 5.92. The van der Waals surface area contributed by atoms with E-state index in [1.807, 2.05) is 19.1 Å². The molecule has 21 heavy (non-hydrogen) atoms. The Bertz CT molecular complexity index is 433. The molecule has 0 aliphatic rings. The van der Waals surface area contributed by atoms with Crippen molar-refractivity contribution < 1.29 is 9.53 Å². The third-order valence-corrected chi connectivity index (χ3v) is 3.41. The van der Waals surface area contributed by atoms with Crippen LogP contribution >= 0.6 is 0 Å². The molecule has 0 unspecified atom stereocenters. The van der Waals surface area contributed by atoms with Crippen LogP contribution in [0.4, 0.5) is 11.4 Å². The number of carbonyl (C=O) groups excluding carboxylic acids is 1. The molecule has 0 atom stereocenters. The number of carbonyl (C=O) groups is 1. The summed E-state index contributed by atoms with van der Waals surface area (Å²) >= 11 is 0. The van der Waals surface area contributed by atoms with Crippen LogP contribution in [0.2, 0.25) is 0 Å². The molecule has 0 spiro atoms. The van der Waals surface area contributed by atoms with E-state index in [1.165, 1.54) is 32.1 Å². The van der Waals surface area contributed by atoms with Crippen molar-refractivity contribution in [3.8, 4) is 0 Å². The highest BCUT2D eigenvalue weighted by Crippen LogP contribution is 2.17. The number of amides is 1. The van der Waals surface area contributed by atoms with Crippen LogP contribution in [-0.2, 0) is 9.53 Å². The quantitative estimate of drug-likeness (QED) is 0.508. The third-order valence-electron chi connectivity index (χ3n) is 3.41. The van der Waals surface area contributed by atoms with Crippen LogP contribution in [0.25, 0.3) is 0 Å². The van der Waals surface area contributed by atoms with Gasteiger partial charge in [0.25, 0.3) is 0 Å². The minimum atomic E-state index is -0.130. The normalized spacial score (nSPS) is 10.6. The van der Waals surface area contributed by atoms with Crippen LogP contribution in [0.3, 0.4) is 0 Å². The molecular formula is C17H28N2O2. The first-order valence-electron chi connectivity index (χ1n) is 7.87. The highest BCUT2D eigenvalue weighted by Gasteiger charge is 2.05. The molecular weight excluding hydrogens is 264 g/mol. The third kappa shape index (κ3) is 7.71. The van der Waals surface area contributed by atoms with E-state index >= 15 is 0 Å². The van der Waals surface area contributed by atoms with Crippen molar-refractivity contribution in [1.82, 2.24) is 0 Å². The fourth-order valence-electron chi connectivity index (χ4n) is 2.11. The number of anilines is 2. The second kappa shape index (κ2) is 10.2. The number of hydrogen-bond acceptors (Lipinski definition) is 3. The van der Waals surface area contributed by atoms with Gasteiger partial charge in [-0.3, -0.25) is 4.79 Å². The number of hydrogen-bond donors (Lipinski definition) is 2. The molecule has 1 aromatic carbocycles. The second-order valence-electron chi connectivity index (χ2n) is 5.44.